The van der Waals surface area contributed by atoms with Gasteiger partial charge in [-0.05, 0) is 20.0 Å². The van der Waals surface area contributed by atoms with Crippen LogP contribution in [0.25, 0.3) is 6.08 Å². The Morgan fingerprint density at radius 3 is 2.81 bits per heavy atom. The minimum atomic E-state index is -0.424. The van der Waals surface area contributed by atoms with Crippen LogP contribution < -0.4 is 10.5 Å². The Labute approximate surface area is 123 Å². The van der Waals surface area contributed by atoms with E-state index in [9.17, 15) is 9.59 Å². The summed E-state index contributed by atoms with van der Waals surface area (Å²) in [6.07, 6.45) is 4.32. The van der Waals surface area contributed by atoms with Crippen LogP contribution in [0.5, 0.6) is 0 Å². The summed E-state index contributed by atoms with van der Waals surface area (Å²) in [5, 5.41) is 0. The molecule has 0 bridgehead atoms. The molecule has 0 atom stereocenters. The van der Waals surface area contributed by atoms with Crippen molar-refractivity contribution in [1.29, 1.82) is 0 Å². The summed E-state index contributed by atoms with van der Waals surface area (Å²) in [5.41, 5.74) is 0.310. The number of carbonyl (C=O) groups excluding carboxylic acids is 1. The highest BCUT2D eigenvalue weighted by Crippen LogP contribution is 2.09. The zero-order valence-corrected chi connectivity index (χ0v) is 12.3. The molecule has 1 aliphatic heterocycles. The molecule has 1 aromatic rings. The van der Waals surface area contributed by atoms with Gasteiger partial charge in [0.2, 0.25) is 0 Å². The molecule has 114 valence electrons. The van der Waals surface area contributed by atoms with E-state index < -0.39 is 5.97 Å². The topological polar surface area (TPSA) is 78.5 Å². The lowest BCUT2D eigenvalue weighted by Crippen LogP contribution is -2.46. The van der Waals surface area contributed by atoms with Crippen LogP contribution in [-0.4, -0.2) is 60.7 Å². The number of likely N-dealkylation sites (N-methyl/N-ethyl adjacent to an activating group) is 1. The molecule has 2 rings (SSSR count). The van der Waals surface area contributed by atoms with Crippen LogP contribution in [0.3, 0.4) is 0 Å². The van der Waals surface area contributed by atoms with Crippen LogP contribution in [0.4, 0.5) is 5.82 Å². The van der Waals surface area contributed by atoms with Gasteiger partial charge in [0, 0.05) is 38.5 Å². The van der Waals surface area contributed by atoms with E-state index in [1.807, 2.05) is 11.9 Å². The lowest BCUT2D eigenvalue weighted by molar-refractivity contribution is -0.137. The van der Waals surface area contributed by atoms with Gasteiger partial charge in [0.15, 0.2) is 5.82 Å². The van der Waals surface area contributed by atoms with Gasteiger partial charge in [-0.1, -0.05) is 0 Å². The molecular weight excluding hydrogens is 272 g/mol. The Morgan fingerprint density at radius 2 is 2.14 bits per heavy atom. The number of nitrogens with zero attached hydrogens (tertiary/aromatic N) is 3. The summed E-state index contributed by atoms with van der Waals surface area (Å²) in [4.78, 5) is 34.3. The third-order valence-corrected chi connectivity index (χ3v) is 3.27. The van der Waals surface area contributed by atoms with Crippen LogP contribution in [0.15, 0.2) is 17.1 Å². The molecule has 7 nitrogen and oxygen atoms in total. The van der Waals surface area contributed by atoms with Gasteiger partial charge in [0.05, 0.1) is 12.3 Å². The summed E-state index contributed by atoms with van der Waals surface area (Å²) in [6.45, 7) is 5.38. The number of anilines is 1. The van der Waals surface area contributed by atoms with Crippen molar-refractivity contribution in [1.82, 2.24) is 14.9 Å². The number of rotatable bonds is 4. The maximum Gasteiger partial charge on any atom is 0.330 e. The molecule has 21 heavy (non-hydrogen) atoms. The molecule has 1 aromatic heterocycles. The number of H-pyrrole nitrogens is 1. The maximum atomic E-state index is 11.9. The number of piperazine rings is 1. The SMILES string of the molecule is CCOC(=O)/C=C/c1c[nH]c(=O)c(N2CCN(C)CC2)n1. The van der Waals surface area contributed by atoms with Gasteiger partial charge in [-0.15, -0.1) is 0 Å². The number of hydrogen-bond acceptors (Lipinski definition) is 6. The molecule has 1 N–H and O–H groups in total. The molecule has 1 saturated heterocycles. The van der Waals surface area contributed by atoms with Gasteiger partial charge in [0.25, 0.3) is 5.56 Å². The lowest BCUT2D eigenvalue weighted by Gasteiger charge is -2.32. The maximum absolute atomic E-state index is 11.9. The quantitative estimate of drug-likeness (QED) is 0.626. The van der Waals surface area contributed by atoms with Crippen molar-refractivity contribution >= 4 is 17.9 Å². The first-order chi connectivity index (χ1) is 10.1. The summed E-state index contributed by atoms with van der Waals surface area (Å²) < 4.78 is 4.80. The van der Waals surface area contributed by atoms with Crippen LogP contribution >= 0.6 is 0 Å². The predicted octanol–water partition coefficient (Wildman–Crippen LogP) is 0.0980. The molecule has 0 aromatic carbocycles. The van der Waals surface area contributed by atoms with Crippen LogP contribution in [0.1, 0.15) is 12.6 Å². The zero-order chi connectivity index (χ0) is 15.2. The monoisotopic (exact) mass is 292 g/mol. The Hall–Kier alpha value is -2.15. The number of ether oxygens (including phenoxy) is 1. The molecule has 0 unspecified atom stereocenters. The third kappa shape index (κ3) is 4.16. The number of aromatic nitrogens is 2. The van der Waals surface area contributed by atoms with Crippen LogP contribution in [0.2, 0.25) is 0 Å². The average molecular weight is 292 g/mol. The van der Waals surface area contributed by atoms with Gasteiger partial charge < -0.3 is 19.5 Å². The first-order valence-corrected chi connectivity index (χ1v) is 6.98. The number of aromatic amines is 1. The summed E-state index contributed by atoms with van der Waals surface area (Å²) in [5.74, 6) is -0.0271. The van der Waals surface area contributed by atoms with Crippen molar-refractivity contribution in [3.05, 3.63) is 28.3 Å². The van der Waals surface area contributed by atoms with Crippen molar-refractivity contribution in [2.75, 3.05) is 44.7 Å². The van der Waals surface area contributed by atoms with E-state index in [1.54, 1.807) is 6.92 Å². The molecule has 0 aliphatic carbocycles. The van der Waals surface area contributed by atoms with Crippen molar-refractivity contribution in [2.45, 2.75) is 6.92 Å². The lowest BCUT2D eigenvalue weighted by atomic mass is 10.3. The van der Waals surface area contributed by atoms with Crippen molar-refractivity contribution in [3.8, 4) is 0 Å². The number of esters is 1. The summed E-state index contributed by atoms with van der Waals surface area (Å²) in [6, 6.07) is 0. The molecule has 0 saturated carbocycles. The van der Waals surface area contributed by atoms with Gasteiger partial charge in [-0.3, -0.25) is 4.79 Å². The Balaban J connectivity index is 2.14. The fraction of sp³-hybridized carbons (Fsp3) is 0.500. The highest BCUT2D eigenvalue weighted by Gasteiger charge is 2.18. The highest BCUT2D eigenvalue weighted by atomic mass is 16.5. The van der Waals surface area contributed by atoms with E-state index in [0.29, 0.717) is 18.1 Å². The highest BCUT2D eigenvalue weighted by molar-refractivity contribution is 5.86. The number of carbonyl (C=O) groups is 1. The second kappa shape index (κ2) is 7.03. The largest absolute Gasteiger partial charge is 0.463 e. The zero-order valence-electron chi connectivity index (χ0n) is 12.3. The Kier molecular flexibility index (Phi) is 5.10. The molecule has 0 amide bonds. The minimum absolute atomic E-state index is 0.215. The van der Waals surface area contributed by atoms with Crippen molar-refractivity contribution in [3.63, 3.8) is 0 Å². The van der Waals surface area contributed by atoms with E-state index >= 15 is 0 Å². The first kappa shape index (κ1) is 15.2. The van der Waals surface area contributed by atoms with Crippen LogP contribution in [0, 0.1) is 0 Å². The van der Waals surface area contributed by atoms with E-state index in [-0.39, 0.29) is 5.56 Å². The van der Waals surface area contributed by atoms with Crippen molar-refractivity contribution < 1.29 is 9.53 Å². The molecule has 0 radical (unpaired) electrons. The van der Waals surface area contributed by atoms with Crippen LogP contribution in [-0.2, 0) is 9.53 Å². The second-order valence-corrected chi connectivity index (χ2v) is 4.85. The molecule has 1 fully saturated rings. The smallest absolute Gasteiger partial charge is 0.330 e. The van der Waals surface area contributed by atoms with Gasteiger partial charge >= 0.3 is 5.97 Å². The van der Waals surface area contributed by atoms with Gasteiger partial charge in [0.1, 0.15) is 0 Å². The number of nitrogens with one attached hydrogen (secondary N) is 1. The summed E-state index contributed by atoms with van der Waals surface area (Å²) in [7, 11) is 2.05. The second-order valence-electron chi connectivity index (χ2n) is 4.85. The fourth-order valence-electron chi connectivity index (χ4n) is 2.07. The molecule has 2 heterocycles. The minimum Gasteiger partial charge on any atom is -0.463 e. The van der Waals surface area contributed by atoms with E-state index in [0.717, 1.165) is 26.2 Å². The van der Waals surface area contributed by atoms with E-state index in [4.69, 9.17) is 4.74 Å². The third-order valence-electron chi connectivity index (χ3n) is 3.27. The average Bonchev–Trinajstić information content (AvgIpc) is 2.48. The molecule has 1 aliphatic rings. The Bertz CT molecular complexity index is 574. The van der Waals surface area contributed by atoms with E-state index in [1.165, 1.54) is 18.3 Å². The summed E-state index contributed by atoms with van der Waals surface area (Å²) >= 11 is 0. The van der Waals surface area contributed by atoms with Gasteiger partial charge in [-0.25, -0.2) is 9.78 Å². The van der Waals surface area contributed by atoms with E-state index in [2.05, 4.69) is 14.9 Å². The van der Waals surface area contributed by atoms with Gasteiger partial charge in [-0.2, -0.15) is 0 Å². The molecular formula is C14H20N4O3. The normalized spacial score (nSPS) is 16.4. The fourth-order valence-corrected chi connectivity index (χ4v) is 2.07. The Morgan fingerprint density at radius 1 is 1.43 bits per heavy atom. The molecule has 7 heteroatoms. The number of hydrogen-bond donors (Lipinski definition) is 1. The molecule has 0 spiro atoms. The standard InChI is InChI=1S/C14H20N4O3/c1-3-21-12(19)5-4-11-10-15-14(20)13(16-11)18-8-6-17(2)7-9-18/h4-5,10H,3,6-9H2,1-2H3,(H,15,20)/b5-4+. The van der Waals surface area contributed by atoms with Crippen molar-refractivity contribution in [2.24, 2.45) is 0 Å². The predicted molar refractivity (Wildman–Crippen MR) is 80.2 cm³/mol. The first-order valence-electron chi connectivity index (χ1n) is 6.98.